The molecule has 4 N–H and O–H groups in total. The van der Waals surface area contributed by atoms with Crippen LogP contribution in [-0.2, 0) is 0 Å². The molecule has 0 aliphatic carbocycles. The molecule has 0 fully saturated rings. The van der Waals surface area contributed by atoms with Crippen molar-refractivity contribution in [3.8, 4) is 0 Å². The van der Waals surface area contributed by atoms with E-state index in [4.69, 9.17) is 10.9 Å². The summed E-state index contributed by atoms with van der Waals surface area (Å²) in [6.45, 7) is 0. The minimum atomic E-state index is -2.84. The summed E-state index contributed by atoms with van der Waals surface area (Å²) in [7, 11) is 0. The third kappa shape index (κ3) is 1.55. The summed E-state index contributed by atoms with van der Waals surface area (Å²) in [4.78, 5) is 29.2. The zero-order chi connectivity index (χ0) is 11.8. The molecule has 11 heteroatoms. The molecule has 0 aromatic heterocycles. The van der Waals surface area contributed by atoms with E-state index < -0.39 is 32.5 Å². The van der Waals surface area contributed by atoms with Crippen LogP contribution >= 0.6 is 0 Å². The molecule has 1 aliphatic heterocycles. The minimum Gasteiger partial charge on any atom is -0.358 e. The molecule has 1 atom stereocenters. The number of nitrogens with two attached hydrogens (primary N) is 1. The maximum absolute atomic E-state index is 10.9. The first-order chi connectivity index (χ1) is 6.79. The van der Waals surface area contributed by atoms with Gasteiger partial charge in [0.05, 0.1) is 4.92 Å². The van der Waals surface area contributed by atoms with Gasteiger partial charge in [-0.25, -0.2) is 10.5 Å². The number of hydrogen-bond donors (Lipinski definition) is 3. The van der Waals surface area contributed by atoms with Crippen molar-refractivity contribution in [3.05, 3.63) is 32.1 Å². The summed E-state index contributed by atoms with van der Waals surface area (Å²) in [5.41, 5.74) is 5.00. The lowest BCUT2D eigenvalue weighted by atomic mass is 10.3. The van der Waals surface area contributed by atoms with Gasteiger partial charge in [0.2, 0.25) is 0 Å². The van der Waals surface area contributed by atoms with Crippen LogP contribution in [0.4, 0.5) is 4.79 Å². The van der Waals surface area contributed by atoms with Gasteiger partial charge in [-0.2, -0.15) is 5.32 Å². The lowest BCUT2D eigenvalue weighted by Gasteiger charge is -2.26. The summed E-state index contributed by atoms with van der Waals surface area (Å²) in [5.74, 6) is -3.81. The standard InChI is InChI=1S/C4H5N5O6/c5-4(9(14)15)1-2(8(12)13)6-3(10)7(4)11/h1,11H,5H2,(H,6,10). The Kier molecular flexibility index (Phi) is 2.26. The average Bonchev–Trinajstić information content (AvgIpc) is 2.12. The summed E-state index contributed by atoms with van der Waals surface area (Å²) >= 11 is 0. The van der Waals surface area contributed by atoms with Crippen molar-refractivity contribution in [2.45, 2.75) is 5.79 Å². The predicted molar refractivity (Wildman–Crippen MR) is 41.1 cm³/mol. The number of hydroxylamine groups is 2. The topological polar surface area (TPSA) is 165 Å². The molecule has 1 unspecified atom stereocenters. The quantitative estimate of drug-likeness (QED) is 0.218. The van der Waals surface area contributed by atoms with E-state index in [0.717, 1.165) is 0 Å². The molecule has 0 bridgehead atoms. The Morgan fingerprint density at radius 3 is 2.47 bits per heavy atom. The van der Waals surface area contributed by atoms with Crippen molar-refractivity contribution in [2.24, 2.45) is 5.73 Å². The molecule has 0 aromatic carbocycles. The van der Waals surface area contributed by atoms with E-state index in [0.29, 0.717) is 6.08 Å². The van der Waals surface area contributed by atoms with Crippen LogP contribution in [0.25, 0.3) is 0 Å². The minimum absolute atomic E-state index is 0.314. The third-order valence-electron chi connectivity index (χ3n) is 1.60. The van der Waals surface area contributed by atoms with E-state index in [-0.39, 0.29) is 0 Å². The van der Waals surface area contributed by atoms with Gasteiger partial charge in [0.25, 0.3) is 0 Å². The average molecular weight is 219 g/mol. The van der Waals surface area contributed by atoms with Gasteiger partial charge >= 0.3 is 17.6 Å². The smallest absolute Gasteiger partial charge is 0.358 e. The summed E-state index contributed by atoms with van der Waals surface area (Å²) in [6.07, 6.45) is 0.314. The number of rotatable bonds is 2. The number of hydrogen-bond acceptors (Lipinski definition) is 7. The molecule has 0 saturated carbocycles. The fraction of sp³-hybridized carbons (Fsp3) is 0.250. The molecule has 0 saturated heterocycles. The van der Waals surface area contributed by atoms with Crippen LogP contribution < -0.4 is 11.1 Å². The second-order valence-corrected chi connectivity index (χ2v) is 2.57. The first-order valence-corrected chi connectivity index (χ1v) is 3.39. The van der Waals surface area contributed by atoms with Gasteiger partial charge in [0, 0.05) is 0 Å². The first-order valence-electron chi connectivity index (χ1n) is 3.39. The molecule has 0 spiro atoms. The van der Waals surface area contributed by atoms with E-state index in [9.17, 15) is 25.0 Å². The second kappa shape index (κ2) is 3.14. The van der Waals surface area contributed by atoms with Crippen LogP contribution in [0.1, 0.15) is 0 Å². The van der Waals surface area contributed by atoms with E-state index in [2.05, 4.69) is 0 Å². The van der Waals surface area contributed by atoms with Crippen LogP contribution in [0.3, 0.4) is 0 Å². The van der Waals surface area contributed by atoms with E-state index in [1.807, 2.05) is 0 Å². The van der Waals surface area contributed by atoms with Crippen LogP contribution in [0.2, 0.25) is 0 Å². The van der Waals surface area contributed by atoms with E-state index in [1.165, 1.54) is 0 Å². The Hall–Kier alpha value is -2.27. The van der Waals surface area contributed by atoms with Crippen molar-refractivity contribution in [1.82, 2.24) is 10.4 Å². The van der Waals surface area contributed by atoms with Gasteiger partial charge in [-0.3, -0.25) is 15.3 Å². The molecule has 1 rings (SSSR count). The third-order valence-corrected chi connectivity index (χ3v) is 1.60. The van der Waals surface area contributed by atoms with Crippen LogP contribution in [0.15, 0.2) is 11.9 Å². The maximum Gasteiger partial charge on any atom is 0.440 e. The highest BCUT2D eigenvalue weighted by Gasteiger charge is 2.53. The highest BCUT2D eigenvalue weighted by molar-refractivity contribution is 5.76. The highest BCUT2D eigenvalue weighted by Crippen LogP contribution is 2.16. The van der Waals surface area contributed by atoms with Crippen LogP contribution in [0, 0.1) is 20.2 Å². The maximum atomic E-state index is 10.9. The number of nitro groups is 2. The Labute approximate surface area is 81.0 Å². The normalized spacial score (nSPS) is 25.6. The van der Waals surface area contributed by atoms with Crippen LogP contribution in [0.5, 0.6) is 0 Å². The van der Waals surface area contributed by atoms with Crippen molar-refractivity contribution < 1.29 is 19.8 Å². The largest absolute Gasteiger partial charge is 0.440 e. The molecule has 1 aliphatic rings. The zero-order valence-electron chi connectivity index (χ0n) is 6.98. The Bertz CT molecular complexity index is 378. The van der Waals surface area contributed by atoms with Gasteiger partial charge in [-0.05, 0) is 4.92 Å². The molecule has 11 nitrogen and oxygen atoms in total. The number of nitrogens with zero attached hydrogens (tertiary/aromatic N) is 3. The van der Waals surface area contributed by atoms with Crippen molar-refractivity contribution >= 4 is 6.03 Å². The molecule has 0 radical (unpaired) electrons. The SMILES string of the molecule is NC1([N+](=O)[O-])C=C([N+](=O)[O-])NC(=O)N1O. The summed E-state index contributed by atoms with van der Waals surface area (Å²) in [6, 6.07) is -1.46. The Morgan fingerprint density at radius 2 is 2.07 bits per heavy atom. The monoisotopic (exact) mass is 219 g/mol. The van der Waals surface area contributed by atoms with Gasteiger partial charge in [0.1, 0.15) is 6.08 Å². The molecule has 0 aromatic rings. The van der Waals surface area contributed by atoms with Gasteiger partial charge in [-0.15, -0.1) is 0 Å². The Morgan fingerprint density at radius 1 is 1.53 bits per heavy atom. The van der Waals surface area contributed by atoms with Gasteiger partial charge in [0.15, 0.2) is 0 Å². The molecule has 2 amide bonds. The van der Waals surface area contributed by atoms with Gasteiger partial charge < -0.3 is 10.1 Å². The lowest BCUT2D eigenvalue weighted by Crippen LogP contribution is -2.66. The number of nitrogens with one attached hydrogen (secondary N) is 1. The number of carbonyl (C=O) groups is 1. The Balaban J connectivity index is 3.25. The fourth-order valence-corrected chi connectivity index (χ4v) is 0.852. The van der Waals surface area contributed by atoms with Crippen LogP contribution in [-0.4, -0.2) is 31.9 Å². The molecule has 1 heterocycles. The fourth-order valence-electron chi connectivity index (χ4n) is 0.852. The highest BCUT2D eigenvalue weighted by atomic mass is 16.7. The van der Waals surface area contributed by atoms with Crippen molar-refractivity contribution in [1.29, 1.82) is 0 Å². The predicted octanol–water partition coefficient (Wildman–Crippen LogP) is -1.59. The summed E-state index contributed by atoms with van der Waals surface area (Å²) in [5, 5.41) is 30.8. The van der Waals surface area contributed by atoms with Crippen molar-refractivity contribution in [3.63, 3.8) is 0 Å². The zero-order valence-corrected chi connectivity index (χ0v) is 6.98. The number of urea groups is 1. The molecule has 82 valence electrons. The molecular formula is C4H5N5O6. The lowest BCUT2D eigenvalue weighted by molar-refractivity contribution is -0.602. The van der Waals surface area contributed by atoms with Crippen molar-refractivity contribution in [2.75, 3.05) is 0 Å². The summed E-state index contributed by atoms with van der Waals surface area (Å²) < 4.78 is 0. The number of carbonyl (C=O) groups excluding carboxylic acids is 1. The van der Waals surface area contributed by atoms with Gasteiger partial charge in [-0.1, -0.05) is 5.06 Å². The number of amides is 2. The molecule has 15 heavy (non-hydrogen) atoms. The van der Waals surface area contributed by atoms with E-state index >= 15 is 0 Å². The van der Waals surface area contributed by atoms with E-state index in [1.54, 1.807) is 5.32 Å². The second-order valence-electron chi connectivity index (χ2n) is 2.57. The first kappa shape index (κ1) is 10.8. The molecular weight excluding hydrogens is 214 g/mol.